The molecule has 0 aliphatic heterocycles. The van der Waals surface area contributed by atoms with Crippen LogP contribution in [0, 0.1) is 5.92 Å². The molecule has 1 aliphatic rings. The van der Waals surface area contributed by atoms with Crippen molar-refractivity contribution in [3.8, 4) is 0 Å². The minimum atomic E-state index is 0.544. The highest BCUT2D eigenvalue weighted by Gasteiger charge is 2.12. The highest BCUT2D eigenvalue weighted by molar-refractivity contribution is 5.43. The molecule has 0 atom stereocenters. The van der Waals surface area contributed by atoms with Gasteiger partial charge in [-0.1, -0.05) is 45.6 Å². The molecule has 0 bridgehead atoms. The first-order valence-corrected chi connectivity index (χ1v) is 8.72. The molecule has 1 nitrogen and oxygen atoms in total. The van der Waals surface area contributed by atoms with Crippen molar-refractivity contribution in [2.75, 3.05) is 0 Å². The van der Waals surface area contributed by atoms with Gasteiger partial charge in [0.2, 0.25) is 0 Å². The Balaban J connectivity index is 3.12. The second-order valence-electron chi connectivity index (χ2n) is 6.80. The minimum absolute atomic E-state index is 0.544. The van der Waals surface area contributed by atoms with E-state index in [4.69, 9.17) is 0 Å². The average molecular weight is 290 g/mol. The molecule has 0 radical (unpaired) electrons. The van der Waals surface area contributed by atoms with Crippen LogP contribution in [-0.4, -0.2) is 5.11 Å². The summed E-state index contributed by atoms with van der Waals surface area (Å²) >= 11 is 0. The fraction of sp³-hybridized carbons (Fsp3) is 0.700. The maximum Gasteiger partial charge on any atom is 0.0954 e. The number of hydrogen-bond donors (Lipinski definition) is 1. The maximum atomic E-state index is 10.3. The summed E-state index contributed by atoms with van der Waals surface area (Å²) in [6.07, 6.45) is 12.1. The van der Waals surface area contributed by atoms with Crippen LogP contribution in [0.3, 0.4) is 0 Å². The van der Waals surface area contributed by atoms with Crippen molar-refractivity contribution in [2.24, 2.45) is 5.92 Å². The van der Waals surface area contributed by atoms with Gasteiger partial charge in [0, 0.05) is 6.42 Å². The van der Waals surface area contributed by atoms with E-state index in [1.54, 1.807) is 0 Å². The van der Waals surface area contributed by atoms with Crippen LogP contribution >= 0.6 is 0 Å². The predicted molar refractivity (Wildman–Crippen MR) is 93.6 cm³/mol. The van der Waals surface area contributed by atoms with E-state index in [1.165, 1.54) is 55.2 Å². The van der Waals surface area contributed by atoms with Gasteiger partial charge in [-0.2, -0.15) is 0 Å². The Kier molecular flexibility index (Phi) is 7.85. The third-order valence-corrected chi connectivity index (χ3v) is 4.84. The molecule has 0 spiro atoms. The Morgan fingerprint density at radius 2 is 1.38 bits per heavy atom. The summed E-state index contributed by atoms with van der Waals surface area (Å²) in [6.45, 7) is 11.0. The molecule has 0 aromatic carbocycles. The van der Waals surface area contributed by atoms with Gasteiger partial charge in [0.15, 0.2) is 0 Å². The third kappa shape index (κ3) is 5.73. The Bertz CT molecular complexity index is 421. The van der Waals surface area contributed by atoms with Crippen molar-refractivity contribution >= 4 is 0 Å². The quantitative estimate of drug-likeness (QED) is 0.558. The normalized spacial score (nSPS) is 20.6. The van der Waals surface area contributed by atoms with Crippen molar-refractivity contribution in [3.63, 3.8) is 0 Å². The van der Waals surface area contributed by atoms with E-state index in [9.17, 15) is 5.11 Å². The molecule has 0 heterocycles. The monoisotopic (exact) mass is 290 g/mol. The van der Waals surface area contributed by atoms with E-state index in [1.807, 2.05) is 0 Å². The highest BCUT2D eigenvalue weighted by Crippen LogP contribution is 2.28. The summed E-state index contributed by atoms with van der Waals surface area (Å²) in [6, 6.07) is 0. The van der Waals surface area contributed by atoms with E-state index < -0.39 is 0 Å². The van der Waals surface area contributed by atoms with Gasteiger partial charge in [-0.3, -0.25) is 0 Å². The van der Waals surface area contributed by atoms with Gasteiger partial charge in [0.25, 0.3) is 0 Å². The lowest BCUT2D eigenvalue weighted by Gasteiger charge is -2.18. The molecular weight excluding hydrogens is 256 g/mol. The SMILES string of the molecule is CC1=C(O)CCCCCCCCC=C(C(C)C)C(C)=C1C. The molecule has 0 saturated carbocycles. The van der Waals surface area contributed by atoms with Crippen LogP contribution in [0.5, 0.6) is 0 Å². The van der Waals surface area contributed by atoms with E-state index in [0.717, 1.165) is 18.4 Å². The van der Waals surface area contributed by atoms with Gasteiger partial charge in [-0.15, -0.1) is 0 Å². The number of allylic oxidation sites excluding steroid dienone is 6. The van der Waals surface area contributed by atoms with Gasteiger partial charge in [0.1, 0.15) is 0 Å². The average Bonchev–Trinajstić information content (AvgIpc) is 2.45. The van der Waals surface area contributed by atoms with E-state index in [0.29, 0.717) is 11.7 Å². The number of hydrogen-bond acceptors (Lipinski definition) is 1. The van der Waals surface area contributed by atoms with Gasteiger partial charge in [-0.25, -0.2) is 0 Å². The first-order valence-electron chi connectivity index (χ1n) is 8.72. The van der Waals surface area contributed by atoms with E-state index in [-0.39, 0.29) is 0 Å². The van der Waals surface area contributed by atoms with E-state index >= 15 is 0 Å². The molecule has 1 N–H and O–H groups in total. The Morgan fingerprint density at radius 3 is 2.00 bits per heavy atom. The van der Waals surface area contributed by atoms with Gasteiger partial charge >= 0.3 is 0 Å². The van der Waals surface area contributed by atoms with E-state index in [2.05, 4.69) is 40.7 Å². The number of aliphatic hydroxyl groups is 1. The van der Waals surface area contributed by atoms with Crippen LogP contribution in [-0.2, 0) is 0 Å². The molecule has 120 valence electrons. The molecule has 0 amide bonds. The van der Waals surface area contributed by atoms with Crippen LogP contribution < -0.4 is 0 Å². The first kappa shape index (κ1) is 18.1. The van der Waals surface area contributed by atoms with Crippen LogP contribution in [0.2, 0.25) is 0 Å². The summed E-state index contributed by atoms with van der Waals surface area (Å²) in [4.78, 5) is 0. The second-order valence-corrected chi connectivity index (χ2v) is 6.80. The lowest BCUT2D eigenvalue weighted by Crippen LogP contribution is -2.01. The van der Waals surface area contributed by atoms with Gasteiger partial charge in [-0.05, 0) is 68.2 Å². The minimum Gasteiger partial charge on any atom is -0.512 e. The Labute approximate surface area is 131 Å². The molecule has 0 aromatic heterocycles. The van der Waals surface area contributed by atoms with Crippen molar-refractivity contribution < 1.29 is 5.11 Å². The molecule has 0 saturated heterocycles. The number of aliphatic hydroxyl groups excluding tert-OH is 1. The first-order chi connectivity index (χ1) is 9.95. The van der Waals surface area contributed by atoms with Crippen LogP contribution in [0.4, 0.5) is 0 Å². The van der Waals surface area contributed by atoms with Crippen LogP contribution in [0.25, 0.3) is 0 Å². The highest BCUT2D eigenvalue weighted by atomic mass is 16.3. The fourth-order valence-electron chi connectivity index (χ4n) is 3.12. The summed E-state index contributed by atoms with van der Waals surface area (Å²) in [5.41, 5.74) is 5.14. The van der Waals surface area contributed by atoms with Crippen molar-refractivity contribution in [3.05, 3.63) is 34.1 Å². The van der Waals surface area contributed by atoms with Crippen molar-refractivity contribution in [2.45, 2.75) is 86.0 Å². The lowest BCUT2D eigenvalue weighted by molar-refractivity contribution is 0.374. The van der Waals surface area contributed by atoms with Crippen LogP contribution in [0.15, 0.2) is 34.1 Å². The molecule has 0 fully saturated rings. The van der Waals surface area contributed by atoms with Gasteiger partial charge in [0.05, 0.1) is 5.76 Å². The van der Waals surface area contributed by atoms with Crippen LogP contribution in [0.1, 0.15) is 86.0 Å². The smallest absolute Gasteiger partial charge is 0.0954 e. The topological polar surface area (TPSA) is 20.2 Å². The predicted octanol–water partition coefficient (Wildman–Crippen LogP) is 6.87. The summed E-state index contributed by atoms with van der Waals surface area (Å²) < 4.78 is 0. The largest absolute Gasteiger partial charge is 0.512 e. The molecule has 21 heavy (non-hydrogen) atoms. The zero-order chi connectivity index (χ0) is 15.8. The number of rotatable bonds is 1. The van der Waals surface area contributed by atoms with Gasteiger partial charge < -0.3 is 5.11 Å². The zero-order valence-electron chi connectivity index (χ0n) is 14.8. The Morgan fingerprint density at radius 1 is 0.810 bits per heavy atom. The second kappa shape index (κ2) is 9.12. The standard InChI is InChI=1S/C20H34O/c1-15(2)19-13-11-9-7-6-8-10-12-14-20(21)18(5)16(3)17(19)4/h13,15,21H,6-12,14H2,1-5H3. The summed E-state index contributed by atoms with van der Waals surface area (Å²) in [5, 5.41) is 10.3. The lowest BCUT2D eigenvalue weighted by atomic mass is 9.88. The molecule has 0 aromatic rings. The third-order valence-electron chi connectivity index (χ3n) is 4.84. The molecule has 1 aliphatic carbocycles. The molecule has 0 unspecified atom stereocenters. The fourth-order valence-corrected chi connectivity index (χ4v) is 3.12. The molecular formula is C20H34O. The zero-order valence-corrected chi connectivity index (χ0v) is 14.8. The summed E-state index contributed by atoms with van der Waals surface area (Å²) in [7, 11) is 0. The maximum absolute atomic E-state index is 10.3. The summed E-state index contributed by atoms with van der Waals surface area (Å²) in [5.74, 6) is 1.13. The molecule has 1 heteroatoms. The molecule has 1 rings (SSSR count). The Hall–Kier alpha value is -0.980. The van der Waals surface area contributed by atoms with Crippen molar-refractivity contribution in [1.82, 2.24) is 0 Å². The van der Waals surface area contributed by atoms with Crippen molar-refractivity contribution in [1.29, 1.82) is 0 Å².